The molecule has 0 aromatic heterocycles. The summed E-state index contributed by atoms with van der Waals surface area (Å²) in [4.78, 5) is 39.2. The fraction of sp³-hybridized carbons (Fsp3) is 0.526. The van der Waals surface area contributed by atoms with Crippen LogP contribution in [0.15, 0.2) is 18.2 Å². The first kappa shape index (κ1) is 16.3. The topological polar surface area (TPSA) is 78.5 Å². The molecule has 2 aliphatic heterocycles. The van der Waals surface area contributed by atoms with Gasteiger partial charge in [-0.15, -0.1) is 0 Å². The van der Waals surface area contributed by atoms with E-state index in [9.17, 15) is 14.4 Å². The van der Waals surface area contributed by atoms with Gasteiger partial charge in [-0.1, -0.05) is 19.3 Å². The Morgan fingerprint density at radius 1 is 1.08 bits per heavy atom. The number of carbonyl (C=O) groups excluding carboxylic acids is 3. The van der Waals surface area contributed by atoms with Crippen LogP contribution >= 0.6 is 0 Å². The van der Waals surface area contributed by atoms with Gasteiger partial charge in [0, 0.05) is 37.2 Å². The van der Waals surface area contributed by atoms with Crippen LogP contribution in [0.2, 0.25) is 0 Å². The van der Waals surface area contributed by atoms with E-state index in [-0.39, 0.29) is 23.8 Å². The van der Waals surface area contributed by atoms with Crippen molar-refractivity contribution in [3.63, 3.8) is 0 Å². The number of hydrogen-bond acceptors (Lipinski definition) is 4. The van der Waals surface area contributed by atoms with E-state index < -0.39 is 0 Å². The number of fused-ring (bicyclic) bond motifs is 1. The molecular formula is C19H23N3O3. The van der Waals surface area contributed by atoms with E-state index in [0.29, 0.717) is 29.2 Å². The van der Waals surface area contributed by atoms with Crippen LogP contribution < -0.4 is 10.6 Å². The minimum Gasteiger partial charge on any atom is -0.352 e. The fourth-order valence-corrected chi connectivity index (χ4v) is 3.90. The maximum Gasteiger partial charge on any atom is 0.261 e. The van der Waals surface area contributed by atoms with Gasteiger partial charge in [-0.3, -0.25) is 19.3 Å². The van der Waals surface area contributed by atoms with Crippen molar-refractivity contribution in [3.8, 4) is 0 Å². The first-order valence-corrected chi connectivity index (χ1v) is 9.16. The van der Waals surface area contributed by atoms with Crippen LogP contribution in [-0.4, -0.2) is 48.3 Å². The van der Waals surface area contributed by atoms with Gasteiger partial charge in [0.15, 0.2) is 0 Å². The average Bonchev–Trinajstić information content (AvgIpc) is 2.85. The molecule has 3 amide bonds. The van der Waals surface area contributed by atoms with Crippen molar-refractivity contribution in [2.24, 2.45) is 5.92 Å². The Labute approximate surface area is 147 Å². The van der Waals surface area contributed by atoms with Gasteiger partial charge in [0.1, 0.15) is 0 Å². The van der Waals surface area contributed by atoms with Gasteiger partial charge in [-0.05, 0) is 31.0 Å². The molecule has 25 heavy (non-hydrogen) atoms. The molecule has 0 spiro atoms. The molecular weight excluding hydrogens is 318 g/mol. The molecule has 0 bridgehead atoms. The van der Waals surface area contributed by atoms with E-state index >= 15 is 0 Å². The van der Waals surface area contributed by atoms with E-state index in [2.05, 4.69) is 10.6 Å². The number of benzene rings is 1. The van der Waals surface area contributed by atoms with Gasteiger partial charge in [-0.25, -0.2) is 0 Å². The normalized spacial score (nSPS) is 21.2. The van der Waals surface area contributed by atoms with E-state index in [1.807, 2.05) is 0 Å². The molecule has 0 radical (unpaired) electrons. The second-order valence-corrected chi connectivity index (χ2v) is 7.27. The molecule has 2 N–H and O–H groups in total. The summed E-state index contributed by atoms with van der Waals surface area (Å²) in [6.07, 6.45) is 5.05. The molecule has 4 rings (SSSR count). The van der Waals surface area contributed by atoms with Crippen LogP contribution in [0.5, 0.6) is 0 Å². The van der Waals surface area contributed by atoms with E-state index in [0.717, 1.165) is 38.8 Å². The molecule has 1 aromatic carbocycles. The standard InChI is InChI=1S/C19H23N3O3/c23-17(21-11-12-9-20-10-12)13-6-7-15-16(8-13)19(25)22(18(15)24)14-4-2-1-3-5-14/h6-8,12,14,20H,1-5,9-11H2,(H,21,23). The zero-order chi connectivity index (χ0) is 17.4. The molecule has 1 aromatic rings. The van der Waals surface area contributed by atoms with Crippen molar-refractivity contribution in [1.29, 1.82) is 0 Å². The van der Waals surface area contributed by atoms with Gasteiger partial charge in [0.05, 0.1) is 11.1 Å². The molecule has 0 atom stereocenters. The molecule has 6 nitrogen and oxygen atoms in total. The highest BCUT2D eigenvalue weighted by molar-refractivity contribution is 6.22. The highest BCUT2D eigenvalue weighted by Crippen LogP contribution is 2.31. The van der Waals surface area contributed by atoms with Crippen LogP contribution in [0.1, 0.15) is 63.2 Å². The Balaban J connectivity index is 1.51. The number of imide groups is 1. The Morgan fingerprint density at radius 2 is 1.80 bits per heavy atom. The monoisotopic (exact) mass is 341 g/mol. The molecule has 2 fully saturated rings. The largest absolute Gasteiger partial charge is 0.352 e. The van der Waals surface area contributed by atoms with E-state index in [4.69, 9.17) is 0 Å². The van der Waals surface area contributed by atoms with Crippen LogP contribution in [0, 0.1) is 5.92 Å². The van der Waals surface area contributed by atoms with Gasteiger partial charge in [-0.2, -0.15) is 0 Å². The molecule has 1 aliphatic carbocycles. The lowest BCUT2D eigenvalue weighted by atomic mass is 9.94. The number of rotatable bonds is 4. The Morgan fingerprint density at radius 3 is 2.48 bits per heavy atom. The summed E-state index contributed by atoms with van der Waals surface area (Å²) in [5, 5.41) is 6.07. The number of hydrogen-bond donors (Lipinski definition) is 2. The van der Waals surface area contributed by atoms with E-state index in [1.54, 1.807) is 18.2 Å². The van der Waals surface area contributed by atoms with Crippen LogP contribution in [0.4, 0.5) is 0 Å². The molecule has 0 unspecified atom stereocenters. The summed E-state index contributed by atoms with van der Waals surface area (Å²) < 4.78 is 0. The minimum atomic E-state index is -0.246. The molecule has 2 heterocycles. The quantitative estimate of drug-likeness (QED) is 0.815. The second-order valence-electron chi connectivity index (χ2n) is 7.27. The summed E-state index contributed by atoms with van der Waals surface area (Å²) in [6, 6.07) is 4.85. The maximum absolute atomic E-state index is 12.8. The number of nitrogens with one attached hydrogen (secondary N) is 2. The van der Waals surface area contributed by atoms with Crippen molar-refractivity contribution in [1.82, 2.24) is 15.5 Å². The number of nitrogens with zero attached hydrogens (tertiary/aromatic N) is 1. The Bertz CT molecular complexity index is 721. The SMILES string of the molecule is O=C(NCC1CNC1)c1ccc2c(c1)C(=O)N(C1CCCCC1)C2=O. The molecule has 132 valence electrons. The average molecular weight is 341 g/mol. The predicted molar refractivity (Wildman–Crippen MR) is 92.5 cm³/mol. The van der Waals surface area contributed by atoms with Crippen molar-refractivity contribution < 1.29 is 14.4 Å². The number of amides is 3. The van der Waals surface area contributed by atoms with Gasteiger partial charge in [0.2, 0.25) is 0 Å². The third-order valence-corrected chi connectivity index (χ3v) is 5.54. The molecule has 3 aliphatic rings. The predicted octanol–water partition coefficient (Wildman–Crippen LogP) is 1.56. The highest BCUT2D eigenvalue weighted by atomic mass is 16.2. The fourth-order valence-electron chi connectivity index (χ4n) is 3.90. The molecule has 1 saturated carbocycles. The summed E-state index contributed by atoms with van der Waals surface area (Å²) in [6.45, 7) is 2.48. The zero-order valence-corrected chi connectivity index (χ0v) is 14.2. The minimum absolute atomic E-state index is 0.00421. The maximum atomic E-state index is 12.8. The summed E-state index contributed by atoms with van der Waals surface area (Å²) in [7, 11) is 0. The lowest BCUT2D eigenvalue weighted by molar-refractivity contribution is 0.0549. The third kappa shape index (κ3) is 2.95. The van der Waals surface area contributed by atoms with E-state index in [1.165, 1.54) is 11.3 Å². The van der Waals surface area contributed by atoms with Crippen molar-refractivity contribution in [3.05, 3.63) is 34.9 Å². The lowest BCUT2D eigenvalue weighted by Gasteiger charge is -2.29. The third-order valence-electron chi connectivity index (χ3n) is 5.54. The van der Waals surface area contributed by atoms with Gasteiger partial charge >= 0.3 is 0 Å². The van der Waals surface area contributed by atoms with Crippen LogP contribution in [0.25, 0.3) is 0 Å². The smallest absolute Gasteiger partial charge is 0.261 e. The van der Waals surface area contributed by atoms with Crippen LogP contribution in [0.3, 0.4) is 0 Å². The van der Waals surface area contributed by atoms with Gasteiger partial charge < -0.3 is 10.6 Å². The Kier molecular flexibility index (Phi) is 4.29. The van der Waals surface area contributed by atoms with Gasteiger partial charge in [0.25, 0.3) is 17.7 Å². The summed E-state index contributed by atoms with van der Waals surface area (Å²) >= 11 is 0. The summed E-state index contributed by atoms with van der Waals surface area (Å²) in [5.41, 5.74) is 1.24. The molecule has 6 heteroatoms. The highest BCUT2D eigenvalue weighted by Gasteiger charge is 2.40. The second kappa shape index (κ2) is 6.59. The van der Waals surface area contributed by atoms with Crippen molar-refractivity contribution in [2.75, 3.05) is 19.6 Å². The van der Waals surface area contributed by atoms with Crippen molar-refractivity contribution >= 4 is 17.7 Å². The first-order chi connectivity index (χ1) is 12.1. The lowest BCUT2D eigenvalue weighted by Crippen LogP contribution is -2.48. The summed E-state index contributed by atoms with van der Waals surface area (Å²) in [5.74, 6) is -0.168. The zero-order valence-electron chi connectivity index (χ0n) is 14.2. The number of carbonyl (C=O) groups is 3. The first-order valence-electron chi connectivity index (χ1n) is 9.16. The Hall–Kier alpha value is -2.21. The van der Waals surface area contributed by atoms with Crippen LogP contribution in [-0.2, 0) is 0 Å². The van der Waals surface area contributed by atoms with Crippen molar-refractivity contribution in [2.45, 2.75) is 38.1 Å². The molecule has 1 saturated heterocycles.